The molecule has 0 spiro atoms. The van der Waals surface area contributed by atoms with E-state index in [2.05, 4.69) is 33.3 Å². The molecule has 0 aliphatic carbocycles. The normalized spacial score (nSPS) is 10.8. The standard InChI is InChI=1S/C14H14N4S2/c1-2-7-16-14-17-12-10(6-9-19-12)13(18-14)20-11-5-3-4-8-15-11/h3-6,8-9H,2,7H2,1H3,(H,16,17,18). The Morgan fingerprint density at radius 2 is 2.20 bits per heavy atom. The smallest absolute Gasteiger partial charge is 0.225 e. The van der Waals surface area contributed by atoms with Crippen molar-refractivity contribution in [2.45, 2.75) is 23.4 Å². The van der Waals surface area contributed by atoms with E-state index in [-0.39, 0.29) is 0 Å². The van der Waals surface area contributed by atoms with E-state index >= 15 is 0 Å². The van der Waals surface area contributed by atoms with Crippen molar-refractivity contribution in [1.29, 1.82) is 0 Å². The fourth-order valence-electron chi connectivity index (χ4n) is 1.73. The lowest BCUT2D eigenvalue weighted by molar-refractivity contribution is 0.946. The van der Waals surface area contributed by atoms with Crippen molar-refractivity contribution < 1.29 is 0 Å². The second-order valence-electron chi connectivity index (χ2n) is 4.19. The Labute approximate surface area is 125 Å². The van der Waals surface area contributed by atoms with Gasteiger partial charge in [-0.1, -0.05) is 13.0 Å². The molecule has 0 saturated carbocycles. The molecule has 3 aromatic rings. The average molecular weight is 302 g/mol. The maximum atomic E-state index is 4.61. The molecule has 3 aromatic heterocycles. The molecular formula is C14H14N4S2. The molecule has 0 aliphatic heterocycles. The first-order chi connectivity index (χ1) is 9.86. The van der Waals surface area contributed by atoms with E-state index in [1.54, 1.807) is 29.3 Å². The summed E-state index contributed by atoms with van der Waals surface area (Å²) < 4.78 is 0. The highest BCUT2D eigenvalue weighted by atomic mass is 32.2. The zero-order valence-electron chi connectivity index (χ0n) is 11.0. The molecule has 0 atom stereocenters. The van der Waals surface area contributed by atoms with E-state index in [0.717, 1.165) is 33.2 Å². The lowest BCUT2D eigenvalue weighted by atomic mass is 10.4. The average Bonchev–Trinajstić information content (AvgIpc) is 2.95. The number of rotatable bonds is 5. The first-order valence-electron chi connectivity index (χ1n) is 6.45. The predicted molar refractivity (Wildman–Crippen MR) is 84.6 cm³/mol. The van der Waals surface area contributed by atoms with Gasteiger partial charge in [0, 0.05) is 18.1 Å². The van der Waals surface area contributed by atoms with Crippen LogP contribution in [0.2, 0.25) is 0 Å². The molecule has 4 nitrogen and oxygen atoms in total. The molecule has 0 saturated heterocycles. The number of anilines is 1. The SMILES string of the molecule is CCCNc1nc(Sc2ccccn2)c2ccsc2n1. The number of thiophene rings is 1. The number of fused-ring (bicyclic) bond motifs is 1. The fourth-order valence-corrected chi connectivity index (χ4v) is 3.42. The van der Waals surface area contributed by atoms with E-state index in [0.29, 0.717) is 5.95 Å². The minimum Gasteiger partial charge on any atom is -0.354 e. The van der Waals surface area contributed by atoms with Crippen LogP contribution in [0, 0.1) is 0 Å². The van der Waals surface area contributed by atoms with Crippen molar-refractivity contribution in [2.24, 2.45) is 0 Å². The van der Waals surface area contributed by atoms with Crippen LogP contribution < -0.4 is 5.32 Å². The van der Waals surface area contributed by atoms with Crippen molar-refractivity contribution in [3.8, 4) is 0 Å². The third-order valence-corrected chi connectivity index (χ3v) is 4.42. The van der Waals surface area contributed by atoms with E-state index < -0.39 is 0 Å². The van der Waals surface area contributed by atoms with Gasteiger partial charge >= 0.3 is 0 Å². The molecule has 20 heavy (non-hydrogen) atoms. The molecule has 0 unspecified atom stereocenters. The highest BCUT2D eigenvalue weighted by Crippen LogP contribution is 2.33. The third-order valence-electron chi connectivity index (χ3n) is 2.66. The molecule has 0 fully saturated rings. The summed E-state index contributed by atoms with van der Waals surface area (Å²) in [6.45, 7) is 3.00. The Balaban J connectivity index is 1.97. The second-order valence-corrected chi connectivity index (χ2v) is 6.09. The zero-order valence-corrected chi connectivity index (χ0v) is 12.7. The summed E-state index contributed by atoms with van der Waals surface area (Å²) in [5.74, 6) is 0.695. The van der Waals surface area contributed by atoms with Gasteiger partial charge in [-0.05, 0) is 41.8 Å². The Kier molecular flexibility index (Phi) is 4.13. The fraction of sp³-hybridized carbons (Fsp3) is 0.214. The summed E-state index contributed by atoms with van der Waals surface area (Å²) in [6, 6.07) is 7.95. The monoisotopic (exact) mass is 302 g/mol. The van der Waals surface area contributed by atoms with Crippen LogP contribution in [0.25, 0.3) is 10.2 Å². The first-order valence-corrected chi connectivity index (χ1v) is 8.14. The lowest BCUT2D eigenvalue weighted by Crippen LogP contribution is -2.04. The Bertz CT molecular complexity index is 697. The topological polar surface area (TPSA) is 50.7 Å². The summed E-state index contributed by atoms with van der Waals surface area (Å²) in [4.78, 5) is 14.5. The summed E-state index contributed by atoms with van der Waals surface area (Å²) >= 11 is 3.21. The number of nitrogens with one attached hydrogen (secondary N) is 1. The van der Waals surface area contributed by atoms with Crippen LogP contribution in [0.3, 0.4) is 0 Å². The van der Waals surface area contributed by atoms with Crippen LogP contribution >= 0.6 is 23.1 Å². The molecule has 0 bridgehead atoms. The molecule has 6 heteroatoms. The minimum absolute atomic E-state index is 0.695. The van der Waals surface area contributed by atoms with Gasteiger partial charge in [-0.15, -0.1) is 11.3 Å². The summed E-state index contributed by atoms with van der Waals surface area (Å²) in [5.41, 5.74) is 0. The second kappa shape index (κ2) is 6.19. The van der Waals surface area contributed by atoms with Gasteiger partial charge in [-0.3, -0.25) is 0 Å². The van der Waals surface area contributed by atoms with E-state index in [1.807, 2.05) is 23.6 Å². The number of hydrogen-bond donors (Lipinski definition) is 1. The van der Waals surface area contributed by atoms with Crippen LogP contribution in [0.1, 0.15) is 13.3 Å². The van der Waals surface area contributed by atoms with Gasteiger partial charge in [-0.2, -0.15) is 0 Å². The molecule has 102 valence electrons. The largest absolute Gasteiger partial charge is 0.354 e. The highest BCUT2D eigenvalue weighted by molar-refractivity contribution is 7.99. The van der Waals surface area contributed by atoms with E-state index in [1.165, 1.54) is 0 Å². The Morgan fingerprint density at radius 3 is 3.00 bits per heavy atom. The summed E-state index contributed by atoms with van der Waals surface area (Å²) in [5, 5.41) is 8.29. The Hall–Kier alpha value is -1.66. The van der Waals surface area contributed by atoms with Gasteiger partial charge in [0.25, 0.3) is 0 Å². The number of hydrogen-bond acceptors (Lipinski definition) is 6. The maximum absolute atomic E-state index is 4.61. The van der Waals surface area contributed by atoms with Crippen molar-refractivity contribution >= 4 is 39.3 Å². The van der Waals surface area contributed by atoms with Crippen molar-refractivity contribution in [3.05, 3.63) is 35.8 Å². The van der Waals surface area contributed by atoms with Crippen molar-refractivity contribution in [2.75, 3.05) is 11.9 Å². The van der Waals surface area contributed by atoms with E-state index in [4.69, 9.17) is 0 Å². The summed E-state index contributed by atoms with van der Waals surface area (Å²) in [6.07, 6.45) is 2.85. The van der Waals surface area contributed by atoms with Crippen molar-refractivity contribution in [1.82, 2.24) is 15.0 Å². The number of aromatic nitrogens is 3. The van der Waals surface area contributed by atoms with Gasteiger partial charge in [-0.25, -0.2) is 15.0 Å². The molecule has 3 heterocycles. The van der Waals surface area contributed by atoms with Crippen molar-refractivity contribution in [3.63, 3.8) is 0 Å². The van der Waals surface area contributed by atoms with Crippen LogP contribution in [0.4, 0.5) is 5.95 Å². The predicted octanol–water partition coefficient (Wildman–Crippen LogP) is 4.06. The van der Waals surface area contributed by atoms with Gasteiger partial charge in [0.2, 0.25) is 5.95 Å². The Morgan fingerprint density at radius 1 is 1.25 bits per heavy atom. The first kappa shape index (κ1) is 13.3. The van der Waals surface area contributed by atoms with Crippen LogP contribution in [-0.2, 0) is 0 Å². The molecular weight excluding hydrogens is 288 g/mol. The molecule has 3 rings (SSSR count). The van der Waals surface area contributed by atoms with Crippen LogP contribution in [0.15, 0.2) is 45.9 Å². The molecule has 0 aliphatic rings. The molecule has 1 N–H and O–H groups in total. The third kappa shape index (κ3) is 2.91. The van der Waals surface area contributed by atoms with Gasteiger partial charge < -0.3 is 5.32 Å². The highest BCUT2D eigenvalue weighted by Gasteiger charge is 2.10. The van der Waals surface area contributed by atoms with Crippen LogP contribution in [-0.4, -0.2) is 21.5 Å². The summed E-state index contributed by atoms with van der Waals surface area (Å²) in [7, 11) is 0. The minimum atomic E-state index is 0.695. The number of nitrogens with zero attached hydrogens (tertiary/aromatic N) is 3. The van der Waals surface area contributed by atoms with Gasteiger partial charge in [0.05, 0.1) is 0 Å². The van der Waals surface area contributed by atoms with E-state index in [9.17, 15) is 0 Å². The number of pyridine rings is 1. The van der Waals surface area contributed by atoms with Crippen LogP contribution in [0.5, 0.6) is 0 Å². The molecule has 0 amide bonds. The zero-order chi connectivity index (χ0) is 13.8. The lowest BCUT2D eigenvalue weighted by Gasteiger charge is -2.06. The maximum Gasteiger partial charge on any atom is 0.225 e. The van der Waals surface area contributed by atoms with Gasteiger partial charge in [0.1, 0.15) is 14.9 Å². The van der Waals surface area contributed by atoms with Gasteiger partial charge in [0.15, 0.2) is 0 Å². The molecule has 0 aromatic carbocycles. The molecule has 0 radical (unpaired) electrons. The quantitative estimate of drug-likeness (QED) is 0.720.